The standard InChI is InChI=1S/C22H26FN5O3/c1-15-12-24-6-5-20(15)26-7-9-27(10-8-26)21-4-3-17(11-19(21)23)28-14-18(31-22(28)30)13-25-16(2)29/h3-6,11-12,18H,7-10,13-14H2,1-2H3,(H,25,29)/t18-/m0/s1. The first-order valence-corrected chi connectivity index (χ1v) is 10.3. The van der Waals surface area contributed by atoms with Crippen molar-refractivity contribution in [2.24, 2.45) is 0 Å². The van der Waals surface area contributed by atoms with Crippen molar-refractivity contribution in [1.82, 2.24) is 10.3 Å². The molecular formula is C22H26FN5O3. The van der Waals surface area contributed by atoms with Crippen molar-refractivity contribution < 1.29 is 18.7 Å². The highest BCUT2D eigenvalue weighted by atomic mass is 19.1. The highest BCUT2D eigenvalue weighted by molar-refractivity contribution is 5.90. The van der Waals surface area contributed by atoms with Gasteiger partial charge < -0.3 is 19.9 Å². The predicted molar refractivity (Wildman–Crippen MR) is 116 cm³/mol. The summed E-state index contributed by atoms with van der Waals surface area (Å²) in [5.74, 6) is -0.562. The van der Waals surface area contributed by atoms with Gasteiger partial charge in [-0.2, -0.15) is 0 Å². The maximum atomic E-state index is 15.0. The number of nitrogens with one attached hydrogen (secondary N) is 1. The Morgan fingerprint density at radius 3 is 2.55 bits per heavy atom. The van der Waals surface area contributed by atoms with Gasteiger partial charge in [-0.3, -0.25) is 14.7 Å². The molecule has 4 rings (SSSR count). The van der Waals surface area contributed by atoms with Crippen LogP contribution in [0.15, 0.2) is 36.7 Å². The van der Waals surface area contributed by atoms with Gasteiger partial charge in [-0.15, -0.1) is 0 Å². The third-order valence-corrected chi connectivity index (χ3v) is 5.65. The Kier molecular flexibility index (Phi) is 5.92. The first-order valence-electron chi connectivity index (χ1n) is 10.3. The smallest absolute Gasteiger partial charge is 0.414 e. The number of cyclic esters (lactones) is 1. The SMILES string of the molecule is CC(=O)NC[C@H]1CN(c2ccc(N3CCN(c4ccncc4C)CC3)c(F)c2)C(=O)O1. The molecule has 0 radical (unpaired) electrons. The van der Waals surface area contributed by atoms with Crippen molar-refractivity contribution in [2.75, 3.05) is 54.0 Å². The van der Waals surface area contributed by atoms with E-state index >= 15 is 0 Å². The van der Waals surface area contributed by atoms with E-state index in [9.17, 15) is 14.0 Å². The maximum Gasteiger partial charge on any atom is 0.414 e. The maximum absolute atomic E-state index is 15.0. The largest absolute Gasteiger partial charge is 0.442 e. The number of benzene rings is 1. The second kappa shape index (κ2) is 8.79. The van der Waals surface area contributed by atoms with Crippen molar-refractivity contribution >= 4 is 29.1 Å². The fraction of sp³-hybridized carbons (Fsp3) is 0.409. The van der Waals surface area contributed by atoms with E-state index in [1.54, 1.807) is 18.3 Å². The van der Waals surface area contributed by atoms with Crippen molar-refractivity contribution in [2.45, 2.75) is 20.0 Å². The zero-order chi connectivity index (χ0) is 22.0. The molecule has 2 saturated heterocycles. The third-order valence-electron chi connectivity index (χ3n) is 5.65. The van der Waals surface area contributed by atoms with Crippen molar-refractivity contribution in [1.29, 1.82) is 0 Å². The molecule has 8 nitrogen and oxygen atoms in total. The van der Waals surface area contributed by atoms with E-state index in [4.69, 9.17) is 4.74 Å². The second-order valence-electron chi connectivity index (χ2n) is 7.83. The average Bonchev–Trinajstić information content (AvgIpc) is 3.13. The van der Waals surface area contributed by atoms with E-state index in [2.05, 4.69) is 15.2 Å². The Morgan fingerprint density at radius 2 is 1.90 bits per heavy atom. The Balaban J connectivity index is 1.40. The van der Waals surface area contributed by atoms with Gasteiger partial charge in [-0.25, -0.2) is 9.18 Å². The van der Waals surface area contributed by atoms with Gasteiger partial charge in [0.2, 0.25) is 5.91 Å². The molecule has 1 atom stereocenters. The second-order valence-corrected chi connectivity index (χ2v) is 7.83. The molecule has 0 bridgehead atoms. The molecule has 9 heteroatoms. The number of hydrogen-bond acceptors (Lipinski definition) is 6. The highest BCUT2D eigenvalue weighted by Crippen LogP contribution is 2.29. The molecule has 31 heavy (non-hydrogen) atoms. The van der Waals surface area contributed by atoms with E-state index in [0.717, 1.165) is 24.3 Å². The lowest BCUT2D eigenvalue weighted by molar-refractivity contribution is -0.119. The van der Waals surface area contributed by atoms with Gasteiger partial charge in [0.15, 0.2) is 0 Å². The Morgan fingerprint density at radius 1 is 1.19 bits per heavy atom. The van der Waals surface area contributed by atoms with Gasteiger partial charge in [-0.05, 0) is 36.8 Å². The summed E-state index contributed by atoms with van der Waals surface area (Å²) in [5.41, 5.74) is 3.26. The van der Waals surface area contributed by atoms with Crippen LogP contribution in [0, 0.1) is 12.7 Å². The predicted octanol–water partition coefficient (Wildman–Crippen LogP) is 2.32. The first kappa shape index (κ1) is 20.9. The van der Waals surface area contributed by atoms with Crippen LogP contribution >= 0.6 is 0 Å². The van der Waals surface area contributed by atoms with Gasteiger partial charge in [-0.1, -0.05) is 0 Å². The molecule has 164 valence electrons. The van der Waals surface area contributed by atoms with E-state index < -0.39 is 12.2 Å². The minimum atomic E-state index is -0.538. The molecular weight excluding hydrogens is 401 g/mol. The number of hydrogen-bond donors (Lipinski definition) is 1. The minimum Gasteiger partial charge on any atom is -0.442 e. The summed E-state index contributed by atoms with van der Waals surface area (Å²) >= 11 is 0. The number of carbonyl (C=O) groups is 2. The molecule has 0 aliphatic carbocycles. The summed E-state index contributed by atoms with van der Waals surface area (Å²) in [6.45, 7) is 6.91. The minimum absolute atomic E-state index is 0.191. The lowest BCUT2D eigenvalue weighted by atomic mass is 10.1. The van der Waals surface area contributed by atoms with Crippen molar-refractivity contribution in [3.8, 4) is 0 Å². The first-order chi connectivity index (χ1) is 14.9. The number of rotatable bonds is 5. The number of ether oxygens (including phenoxy) is 1. The molecule has 0 spiro atoms. The number of halogens is 1. The highest BCUT2D eigenvalue weighted by Gasteiger charge is 2.33. The van der Waals surface area contributed by atoms with Crippen LogP contribution in [0.5, 0.6) is 0 Å². The molecule has 0 unspecified atom stereocenters. The number of piperazine rings is 1. The van der Waals surface area contributed by atoms with Crippen LogP contribution in [-0.2, 0) is 9.53 Å². The van der Waals surface area contributed by atoms with Crippen LogP contribution in [0.25, 0.3) is 0 Å². The fourth-order valence-corrected chi connectivity index (χ4v) is 4.03. The topological polar surface area (TPSA) is 78.0 Å². The molecule has 2 aromatic rings. The van der Waals surface area contributed by atoms with Gasteiger partial charge in [0.05, 0.1) is 24.5 Å². The zero-order valence-electron chi connectivity index (χ0n) is 17.7. The van der Waals surface area contributed by atoms with Crippen molar-refractivity contribution in [3.05, 3.63) is 48.0 Å². The van der Waals surface area contributed by atoms with Crippen molar-refractivity contribution in [3.63, 3.8) is 0 Å². The molecule has 0 saturated carbocycles. The van der Waals surface area contributed by atoms with Crippen LogP contribution in [0.4, 0.5) is 26.2 Å². The van der Waals surface area contributed by atoms with Gasteiger partial charge in [0.1, 0.15) is 11.9 Å². The Hall–Kier alpha value is -3.36. The Labute approximate surface area is 180 Å². The third kappa shape index (κ3) is 4.55. The Bertz CT molecular complexity index is 977. The molecule has 2 amide bonds. The summed E-state index contributed by atoms with van der Waals surface area (Å²) in [6, 6.07) is 6.83. The van der Waals surface area contributed by atoms with Crippen LogP contribution in [0.3, 0.4) is 0 Å². The summed E-state index contributed by atoms with van der Waals surface area (Å²) in [4.78, 5) is 33.1. The number of aromatic nitrogens is 1. The zero-order valence-corrected chi connectivity index (χ0v) is 17.7. The number of nitrogens with zero attached hydrogens (tertiary/aromatic N) is 4. The molecule has 3 heterocycles. The number of pyridine rings is 1. The lowest BCUT2D eigenvalue weighted by Crippen LogP contribution is -2.47. The lowest BCUT2D eigenvalue weighted by Gasteiger charge is -2.38. The number of anilines is 3. The molecule has 2 aliphatic heterocycles. The van der Waals surface area contributed by atoms with Crippen LogP contribution in [0.2, 0.25) is 0 Å². The van der Waals surface area contributed by atoms with E-state index in [0.29, 0.717) is 24.5 Å². The van der Waals surface area contributed by atoms with Gasteiger partial charge in [0, 0.05) is 51.2 Å². The van der Waals surface area contributed by atoms with E-state index in [-0.39, 0.29) is 24.8 Å². The summed E-state index contributed by atoms with van der Waals surface area (Å²) in [5, 5.41) is 2.63. The van der Waals surface area contributed by atoms with Crippen LogP contribution in [0.1, 0.15) is 12.5 Å². The average molecular weight is 427 g/mol. The summed E-state index contributed by atoms with van der Waals surface area (Å²) in [6.07, 6.45) is 2.65. The number of amides is 2. The fourth-order valence-electron chi connectivity index (χ4n) is 4.03. The molecule has 2 fully saturated rings. The van der Waals surface area contributed by atoms with E-state index in [1.165, 1.54) is 17.9 Å². The monoisotopic (exact) mass is 427 g/mol. The molecule has 1 N–H and O–H groups in total. The summed E-state index contributed by atoms with van der Waals surface area (Å²) < 4.78 is 20.2. The normalized spacial score (nSPS) is 18.9. The molecule has 2 aliphatic rings. The van der Waals surface area contributed by atoms with Crippen LogP contribution in [-0.4, -0.2) is 62.4 Å². The number of carbonyl (C=O) groups excluding carboxylic acids is 2. The van der Waals surface area contributed by atoms with Gasteiger partial charge >= 0.3 is 6.09 Å². The van der Waals surface area contributed by atoms with Gasteiger partial charge in [0.25, 0.3) is 0 Å². The van der Waals surface area contributed by atoms with Crippen LogP contribution < -0.4 is 20.0 Å². The number of aryl methyl sites for hydroxylation is 1. The van der Waals surface area contributed by atoms with E-state index in [1.807, 2.05) is 24.1 Å². The molecule has 1 aromatic heterocycles. The summed E-state index contributed by atoms with van der Waals surface area (Å²) in [7, 11) is 0. The quantitative estimate of drug-likeness (QED) is 0.789. The molecule has 1 aromatic carbocycles.